The lowest BCUT2D eigenvalue weighted by Crippen LogP contribution is -2.41. The first kappa shape index (κ1) is 28.3. The number of benzene rings is 1. The van der Waals surface area contributed by atoms with Crippen LogP contribution < -0.4 is 9.64 Å². The Balaban J connectivity index is 1.33. The Hall–Kier alpha value is -3.19. The molecule has 2 aliphatic carbocycles. The molecule has 2 aliphatic rings. The molecule has 0 aliphatic heterocycles. The van der Waals surface area contributed by atoms with Crippen LogP contribution in [0.15, 0.2) is 48.8 Å². The lowest BCUT2D eigenvalue weighted by atomic mass is 9.79. The van der Waals surface area contributed by atoms with Crippen LogP contribution in [0.25, 0.3) is 11.1 Å². The molecule has 0 radical (unpaired) electrons. The number of methoxy groups -OCH3 is 1. The van der Waals surface area contributed by atoms with Crippen LogP contribution in [0.5, 0.6) is 5.75 Å². The Morgan fingerprint density at radius 1 is 1.05 bits per heavy atom. The normalized spacial score (nSPS) is 23.2. The summed E-state index contributed by atoms with van der Waals surface area (Å²) >= 11 is 0. The first-order valence-electron chi connectivity index (χ1n) is 15.0. The quantitative estimate of drug-likeness (QED) is 0.341. The number of amides is 1. The van der Waals surface area contributed by atoms with Crippen LogP contribution in [-0.2, 0) is 4.79 Å². The number of carbonyl (C=O) groups excluding carboxylic acids is 1. The molecular weight excluding hydrogens is 500 g/mol. The highest BCUT2D eigenvalue weighted by molar-refractivity contribution is 5.95. The first-order chi connectivity index (χ1) is 19.3. The van der Waals surface area contributed by atoms with E-state index in [1.54, 1.807) is 7.11 Å². The van der Waals surface area contributed by atoms with E-state index < -0.39 is 0 Å². The number of pyridine rings is 1. The molecule has 7 heteroatoms. The molecule has 1 N–H and O–H groups in total. The Bertz CT molecular complexity index is 1290. The van der Waals surface area contributed by atoms with Gasteiger partial charge in [-0.25, -0.2) is 0 Å². The summed E-state index contributed by atoms with van der Waals surface area (Å²) in [6.07, 6.45) is 10.9. The second-order valence-corrected chi connectivity index (χ2v) is 12.0. The maximum Gasteiger partial charge on any atom is 0.230 e. The Morgan fingerprint density at radius 3 is 2.45 bits per heavy atom. The number of rotatable bonds is 8. The van der Waals surface area contributed by atoms with Crippen molar-refractivity contribution in [2.24, 2.45) is 11.8 Å². The molecule has 1 aromatic carbocycles. The van der Waals surface area contributed by atoms with Crippen molar-refractivity contribution < 1.29 is 14.6 Å². The van der Waals surface area contributed by atoms with Crippen LogP contribution in [-0.4, -0.2) is 45.5 Å². The molecule has 214 valence electrons. The zero-order valence-electron chi connectivity index (χ0n) is 24.4. The molecule has 5 rings (SSSR count). The average molecular weight is 545 g/mol. The van der Waals surface area contributed by atoms with E-state index in [1.165, 1.54) is 0 Å². The summed E-state index contributed by atoms with van der Waals surface area (Å²) in [4.78, 5) is 20.9. The van der Waals surface area contributed by atoms with Gasteiger partial charge in [0, 0.05) is 47.6 Å². The number of aryl methyl sites for hydroxylation is 1. The van der Waals surface area contributed by atoms with Crippen LogP contribution in [0.1, 0.15) is 88.6 Å². The van der Waals surface area contributed by atoms with Gasteiger partial charge >= 0.3 is 0 Å². The predicted octanol–water partition coefficient (Wildman–Crippen LogP) is 6.70. The van der Waals surface area contributed by atoms with Crippen LogP contribution in [0.4, 0.5) is 5.69 Å². The molecule has 2 saturated carbocycles. The zero-order chi connectivity index (χ0) is 28.2. The van der Waals surface area contributed by atoms with E-state index in [-0.39, 0.29) is 17.9 Å². The van der Waals surface area contributed by atoms with E-state index >= 15 is 0 Å². The standard InChI is InChI=1S/C33H44N4O3/c1-22(2)37-21-28(19-34-37)27-6-5-7-29(18-27)36(33(39)26-12-14-30(38)15-13-26)20-24-8-10-25(11-9-24)31-16-17-32(40-4)23(3)35-31/h5-7,16-19,21-22,24-26,30,38H,8-15,20H2,1-4H3/t24-,25-,26-,30-. The molecule has 0 bridgehead atoms. The second-order valence-electron chi connectivity index (χ2n) is 12.0. The van der Waals surface area contributed by atoms with Gasteiger partial charge < -0.3 is 14.7 Å². The van der Waals surface area contributed by atoms with Gasteiger partial charge in [0.25, 0.3) is 0 Å². The molecular formula is C33H44N4O3. The minimum Gasteiger partial charge on any atom is -0.495 e. The van der Waals surface area contributed by atoms with Crippen LogP contribution >= 0.6 is 0 Å². The second kappa shape index (κ2) is 12.5. The molecule has 0 spiro atoms. The highest BCUT2D eigenvalue weighted by Gasteiger charge is 2.32. The average Bonchev–Trinajstić information content (AvgIpc) is 3.47. The number of ether oxygens (including phenoxy) is 1. The van der Waals surface area contributed by atoms with Gasteiger partial charge in [0.1, 0.15) is 5.75 Å². The molecule has 7 nitrogen and oxygen atoms in total. The molecule has 2 aromatic heterocycles. The van der Waals surface area contributed by atoms with E-state index in [1.807, 2.05) is 23.9 Å². The third kappa shape index (κ3) is 6.41. The number of hydrogen-bond acceptors (Lipinski definition) is 5. The topological polar surface area (TPSA) is 80.5 Å². The number of aliphatic hydroxyl groups excluding tert-OH is 1. The molecule has 0 atom stereocenters. The molecule has 2 fully saturated rings. The van der Waals surface area contributed by atoms with Crippen molar-refractivity contribution in [3.05, 3.63) is 60.2 Å². The molecule has 0 saturated heterocycles. The van der Waals surface area contributed by atoms with Gasteiger partial charge in [-0.15, -0.1) is 0 Å². The number of nitrogens with zero attached hydrogens (tertiary/aromatic N) is 4. The first-order valence-corrected chi connectivity index (χ1v) is 15.0. The Morgan fingerprint density at radius 2 is 1.80 bits per heavy atom. The van der Waals surface area contributed by atoms with E-state index in [0.717, 1.165) is 79.0 Å². The Kier molecular flexibility index (Phi) is 8.89. The SMILES string of the molecule is COc1ccc([C@H]2CC[C@H](CN(c3cccc(-c4cnn(C(C)C)c4)c3)C(=O)[C@H]3CC[C@H](O)CC3)CC2)nc1C. The summed E-state index contributed by atoms with van der Waals surface area (Å²) in [6, 6.07) is 12.8. The minimum atomic E-state index is -0.274. The van der Waals surface area contributed by atoms with Gasteiger partial charge in [-0.3, -0.25) is 14.5 Å². The van der Waals surface area contributed by atoms with E-state index in [9.17, 15) is 9.90 Å². The lowest BCUT2D eigenvalue weighted by molar-refractivity contribution is -0.124. The molecule has 0 unspecified atom stereocenters. The summed E-state index contributed by atoms with van der Waals surface area (Å²) in [5.41, 5.74) is 5.19. The van der Waals surface area contributed by atoms with Crippen molar-refractivity contribution in [3.63, 3.8) is 0 Å². The van der Waals surface area contributed by atoms with Crippen LogP contribution in [0, 0.1) is 18.8 Å². The highest BCUT2D eigenvalue weighted by atomic mass is 16.5. The number of hydrogen-bond donors (Lipinski definition) is 1. The van der Waals surface area contributed by atoms with Crippen molar-refractivity contribution in [1.29, 1.82) is 0 Å². The monoisotopic (exact) mass is 544 g/mol. The number of aliphatic hydroxyl groups is 1. The summed E-state index contributed by atoms with van der Waals surface area (Å²) in [7, 11) is 1.69. The zero-order valence-corrected chi connectivity index (χ0v) is 24.4. The summed E-state index contributed by atoms with van der Waals surface area (Å²) in [5.74, 6) is 1.90. The van der Waals surface area contributed by atoms with Gasteiger partial charge in [-0.2, -0.15) is 5.10 Å². The van der Waals surface area contributed by atoms with Gasteiger partial charge in [0.15, 0.2) is 0 Å². The summed E-state index contributed by atoms with van der Waals surface area (Å²) in [5, 5.41) is 14.6. The molecule has 40 heavy (non-hydrogen) atoms. The maximum atomic E-state index is 14.0. The van der Waals surface area contributed by atoms with Gasteiger partial charge in [0.05, 0.1) is 25.1 Å². The van der Waals surface area contributed by atoms with Crippen LogP contribution in [0.2, 0.25) is 0 Å². The highest BCUT2D eigenvalue weighted by Crippen LogP contribution is 2.38. The van der Waals surface area contributed by atoms with Gasteiger partial charge in [-0.05, 0) is 108 Å². The molecule has 3 aromatic rings. The van der Waals surface area contributed by atoms with E-state index in [2.05, 4.69) is 60.4 Å². The van der Waals surface area contributed by atoms with Crippen molar-refractivity contribution in [2.75, 3.05) is 18.6 Å². The van der Waals surface area contributed by atoms with E-state index in [4.69, 9.17) is 9.72 Å². The lowest BCUT2D eigenvalue weighted by Gasteiger charge is -2.35. The third-order valence-corrected chi connectivity index (χ3v) is 8.92. The van der Waals surface area contributed by atoms with Crippen molar-refractivity contribution in [1.82, 2.24) is 14.8 Å². The van der Waals surface area contributed by atoms with Crippen molar-refractivity contribution in [3.8, 4) is 16.9 Å². The number of aromatic nitrogens is 3. The molecule has 2 heterocycles. The largest absolute Gasteiger partial charge is 0.495 e. The summed E-state index contributed by atoms with van der Waals surface area (Å²) in [6.45, 7) is 6.97. The Labute approximate surface area is 238 Å². The van der Waals surface area contributed by atoms with Gasteiger partial charge in [-0.1, -0.05) is 12.1 Å². The van der Waals surface area contributed by atoms with Crippen molar-refractivity contribution >= 4 is 11.6 Å². The van der Waals surface area contributed by atoms with Crippen LogP contribution in [0.3, 0.4) is 0 Å². The maximum absolute atomic E-state index is 14.0. The van der Waals surface area contributed by atoms with E-state index in [0.29, 0.717) is 30.7 Å². The fraction of sp³-hybridized carbons (Fsp3) is 0.545. The third-order valence-electron chi connectivity index (χ3n) is 8.92. The molecule has 1 amide bonds. The predicted molar refractivity (Wildman–Crippen MR) is 159 cm³/mol. The number of anilines is 1. The fourth-order valence-electron chi connectivity index (χ4n) is 6.40. The summed E-state index contributed by atoms with van der Waals surface area (Å²) < 4.78 is 7.37. The fourth-order valence-corrected chi connectivity index (χ4v) is 6.40. The minimum absolute atomic E-state index is 0.0291. The smallest absolute Gasteiger partial charge is 0.230 e. The van der Waals surface area contributed by atoms with Crippen molar-refractivity contribution in [2.45, 2.75) is 90.2 Å². The number of carbonyl (C=O) groups is 1. The van der Waals surface area contributed by atoms with Gasteiger partial charge in [0.2, 0.25) is 5.91 Å².